The summed E-state index contributed by atoms with van der Waals surface area (Å²) < 4.78 is 50.4. The standard InChI is InChI=1S/C23H22F3N3O4/c1-2-33-21-12-15(3-6-20(21)30)11-16(14-27)22(31)28-18-13-17(23(24,25)26)4-5-19(18)29-7-9-32-10-8-29/h3-6,11-13,30H,2,7-10H2,1H3,(H,28,31)/b16-11+. The quantitative estimate of drug-likeness (QED) is 0.495. The molecule has 7 nitrogen and oxygen atoms in total. The van der Waals surface area contributed by atoms with Crippen molar-refractivity contribution >= 4 is 23.4 Å². The van der Waals surface area contributed by atoms with Gasteiger partial charge >= 0.3 is 6.18 Å². The maximum absolute atomic E-state index is 13.3. The Balaban J connectivity index is 1.93. The number of phenolic OH excluding ortho intramolecular Hbond substituents is 1. The van der Waals surface area contributed by atoms with Gasteiger partial charge in [0.1, 0.15) is 11.6 Å². The van der Waals surface area contributed by atoms with Crippen LogP contribution in [0.1, 0.15) is 18.1 Å². The van der Waals surface area contributed by atoms with Gasteiger partial charge in [0.15, 0.2) is 11.5 Å². The second-order valence-corrected chi connectivity index (χ2v) is 7.11. The van der Waals surface area contributed by atoms with E-state index in [0.717, 1.165) is 12.1 Å². The molecule has 1 heterocycles. The fourth-order valence-corrected chi connectivity index (χ4v) is 3.29. The predicted molar refractivity (Wildman–Crippen MR) is 116 cm³/mol. The summed E-state index contributed by atoms with van der Waals surface area (Å²) in [6.45, 7) is 3.73. The van der Waals surface area contributed by atoms with E-state index in [-0.39, 0.29) is 22.8 Å². The van der Waals surface area contributed by atoms with Crippen LogP contribution in [-0.4, -0.2) is 43.9 Å². The lowest BCUT2D eigenvalue weighted by molar-refractivity contribution is -0.137. The number of carbonyl (C=O) groups excluding carboxylic acids is 1. The van der Waals surface area contributed by atoms with E-state index in [1.807, 2.05) is 4.90 Å². The molecule has 10 heteroatoms. The van der Waals surface area contributed by atoms with Gasteiger partial charge in [0, 0.05) is 13.1 Å². The highest BCUT2D eigenvalue weighted by atomic mass is 19.4. The molecule has 0 unspecified atom stereocenters. The predicted octanol–water partition coefficient (Wildman–Crippen LogP) is 4.19. The van der Waals surface area contributed by atoms with Crippen LogP contribution in [0.15, 0.2) is 42.0 Å². The van der Waals surface area contributed by atoms with Gasteiger partial charge in [0.05, 0.1) is 36.8 Å². The van der Waals surface area contributed by atoms with E-state index in [2.05, 4.69) is 5.32 Å². The zero-order valence-corrected chi connectivity index (χ0v) is 17.8. The normalized spacial score (nSPS) is 14.5. The van der Waals surface area contributed by atoms with Crippen LogP contribution in [0.2, 0.25) is 0 Å². The minimum Gasteiger partial charge on any atom is -0.504 e. The molecule has 2 aromatic carbocycles. The summed E-state index contributed by atoms with van der Waals surface area (Å²) in [5.74, 6) is -0.787. The number of morpholine rings is 1. The number of nitriles is 1. The van der Waals surface area contributed by atoms with Gasteiger partial charge in [-0.25, -0.2) is 0 Å². The summed E-state index contributed by atoms with van der Waals surface area (Å²) in [5, 5.41) is 21.8. The minimum absolute atomic E-state index is 0.0569. The Hall–Kier alpha value is -3.71. The molecule has 0 atom stereocenters. The molecule has 174 valence electrons. The zero-order chi connectivity index (χ0) is 24.0. The molecule has 0 aliphatic carbocycles. The second kappa shape index (κ2) is 10.3. The highest BCUT2D eigenvalue weighted by Gasteiger charge is 2.32. The van der Waals surface area contributed by atoms with Gasteiger partial charge in [-0.05, 0) is 48.9 Å². The van der Waals surface area contributed by atoms with Gasteiger partial charge in [-0.15, -0.1) is 0 Å². The summed E-state index contributed by atoms with van der Waals surface area (Å²) in [5.41, 5.74) is -0.496. The largest absolute Gasteiger partial charge is 0.504 e. The molecule has 2 aromatic rings. The van der Waals surface area contributed by atoms with E-state index in [9.17, 15) is 28.3 Å². The van der Waals surface area contributed by atoms with Crippen LogP contribution in [0.5, 0.6) is 11.5 Å². The number of nitrogens with zero attached hydrogens (tertiary/aromatic N) is 2. The topological polar surface area (TPSA) is 94.8 Å². The fraction of sp³-hybridized carbons (Fsp3) is 0.304. The van der Waals surface area contributed by atoms with Gasteiger partial charge in [-0.3, -0.25) is 4.79 Å². The lowest BCUT2D eigenvalue weighted by Gasteiger charge is -2.31. The Bertz CT molecular complexity index is 1090. The Morgan fingerprint density at radius 2 is 2.00 bits per heavy atom. The number of alkyl halides is 3. The van der Waals surface area contributed by atoms with Crippen molar-refractivity contribution in [2.75, 3.05) is 43.1 Å². The molecule has 3 rings (SSSR count). The Labute approximate surface area is 188 Å². The maximum Gasteiger partial charge on any atom is 0.416 e. The molecule has 33 heavy (non-hydrogen) atoms. The number of anilines is 2. The van der Waals surface area contributed by atoms with Crippen LogP contribution in [0.25, 0.3) is 6.08 Å². The van der Waals surface area contributed by atoms with E-state index >= 15 is 0 Å². The number of nitrogens with one attached hydrogen (secondary N) is 1. The molecule has 2 N–H and O–H groups in total. The molecular formula is C23H22F3N3O4. The number of hydrogen-bond donors (Lipinski definition) is 2. The van der Waals surface area contributed by atoms with Crippen LogP contribution in [0.3, 0.4) is 0 Å². The molecule has 0 aromatic heterocycles. The zero-order valence-electron chi connectivity index (χ0n) is 17.8. The molecule has 0 bridgehead atoms. The first kappa shape index (κ1) is 23.9. The first-order valence-corrected chi connectivity index (χ1v) is 10.2. The molecule has 1 aliphatic rings. The summed E-state index contributed by atoms with van der Waals surface area (Å²) in [6.07, 6.45) is -3.34. The van der Waals surface area contributed by atoms with Gasteiger partial charge < -0.3 is 24.8 Å². The number of benzene rings is 2. The summed E-state index contributed by atoms with van der Waals surface area (Å²) in [4.78, 5) is 14.6. The summed E-state index contributed by atoms with van der Waals surface area (Å²) in [6, 6.07) is 9.16. The lowest BCUT2D eigenvalue weighted by Crippen LogP contribution is -2.37. The summed E-state index contributed by atoms with van der Waals surface area (Å²) >= 11 is 0. The average Bonchev–Trinajstić information content (AvgIpc) is 2.79. The number of rotatable bonds is 6. The van der Waals surface area contributed by atoms with E-state index < -0.39 is 17.6 Å². The average molecular weight is 461 g/mol. The SMILES string of the molecule is CCOc1cc(/C=C(\C#N)C(=O)Nc2cc(C(F)(F)F)ccc2N2CCOCC2)ccc1O. The summed E-state index contributed by atoms with van der Waals surface area (Å²) in [7, 11) is 0. The third-order valence-corrected chi connectivity index (χ3v) is 4.88. The lowest BCUT2D eigenvalue weighted by atomic mass is 10.1. The van der Waals surface area contributed by atoms with Crippen LogP contribution >= 0.6 is 0 Å². The van der Waals surface area contributed by atoms with Crippen molar-refractivity contribution in [1.82, 2.24) is 0 Å². The molecule has 0 saturated carbocycles. The van der Waals surface area contributed by atoms with Crippen molar-refractivity contribution in [1.29, 1.82) is 5.26 Å². The van der Waals surface area contributed by atoms with Gasteiger partial charge in [0.2, 0.25) is 0 Å². The molecule has 0 radical (unpaired) electrons. The Morgan fingerprint density at radius 1 is 1.27 bits per heavy atom. The van der Waals surface area contributed by atoms with Gasteiger partial charge in [-0.1, -0.05) is 6.07 Å². The molecule has 1 saturated heterocycles. The van der Waals surface area contributed by atoms with Gasteiger partial charge in [0.25, 0.3) is 5.91 Å². The van der Waals surface area contributed by atoms with E-state index in [1.54, 1.807) is 13.0 Å². The molecular weight excluding hydrogens is 439 g/mol. The Kier molecular flexibility index (Phi) is 7.45. The van der Waals surface area contributed by atoms with E-state index in [4.69, 9.17) is 9.47 Å². The maximum atomic E-state index is 13.3. The number of aromatic hydroxyl groups is 1. The van der Waals surface area contributed by atoms with E-state index in [1.165, 1.54) is 30.3 Å². The van der Waals surface area contributed by atoms with Crippen molar-refractivity contribution in [3.05, 3.63) is 53.1 Å². The van der Waals surface area contributed by atoms with Crippen molar-refractivity contribution in [2.45, 2.75) is 13.1 Å². The number of phenols is 1. The number of halogens is 3. The minimum atomic E-state index is -4.60. The van der Waals surface area contributed by atoms with Crippen molar-refractivity contribution in [3.63, 3.8) is 0 Å². The third-order valence-electron chi connectivity index (χ3n) is 4.88. The van der Waals surface area contributed by atoms with Crippen molar-refractivity contribution in [2.24, 2.45) is 0 Å². The van der Waals surface area contributed by atoms with Crippen molar-refractivity contribution < 1.29 is 32.5 Å². The van der Waals surface area contributed by atoms with Gasteiger partial charge in [-0.2, -0.15) is 18.4 Å². The number of carbonyl (C=O) groups is 1. The second-order valence-electron chi connectivity index (χ2n) is 7.11. The van der Waals surface area contributed by atoms with Crippen molar-refractivity contribution in [3.8, 4) is 17.6 Å². The highest BCUT2D eigenvalue weighted by molar-refractivity contribution is 6.11. The molecule has 1 fully saturated rings. The van der Waals surface area contributed by atoms with Crippen LogP contribution in [-0.2, 0) is 15.7 Å². The van der Waals surface area contributed by atoms with Crippen LogP contribution in [0, 0.1) is 11.3 Å². The van der Waals surface area contributed by atoms with E-state index in [0.29, 0.717) is 44.2 Å². The smallest absolute Gasteiger partial charge is 0.416 e. The van der Waals surface area contributed by atoms with Crippen LogP contribution in [0.4, 0.5) is 24.5 Å². The number of ether oxygens (including phenoxy) is 2. The molecule has 1 aliphatic heterocycles. The fourth-order valence-electron chi connectivity index (χ4n) is 3.29. The molecule has 0 spiro atoms. The Morgan fingerprint density at radius 3 is 2.64 bits per heavy atom. The highest BCUT2D eigenvalue weighted by Crippen LogP contribution is 2.36. The first-order valence-electron chi connectivity index (χ1n) is 10.2. The first-order chi connectivity index (χ1) is 15.7. The molecule has 1 amide bonds. The van der Waals surface area contributed by atoms with Crippen LogP contribution < -0.4 is 15.0 Å². The monoisotopic (exact) mass is 461 g/mol. The third kappa shape index (κ3) is 5.96. The number of amides is 1. The number of hydrogen-bond acceptors (Lipinski definition) is 6.